The molecule has 4 aromatic rings. The van der Waals surface area contributed by atoms with E-state index in [0.29, 0.717) is 57.0 Å². The average molecular weight is 651 g/mol. The van der Waals surface area contributed by atoms with Crippen LogP contribution in [0.3, 0.4) is 0 Å². The molecule has 0 bridgehead atoms. The fourth-order valence-corrected chi connectivity index (χ4v) is 5.60. The molecule has 1 aliphatic heterocycles. The third-order valence-electron chi connectivity index (χ3n) is 7.71. The smallest absolute Gasteiger partial charge is 0.305 e. The number of aryl methyl sites for hydroxylation is 1. The number of para-hydroxylation sites is 1. The standard InChI is InChI=1S/C34H35ClN2O9/c1-40-22-11-9-20(28(16-22)42-3)19-37-26-13-10-21(35)15-25(26)32(24-7-6-8-27(41-2)33(24)44-5)46-29(34(37)39)17-30-36-18-23(45-30)12-14-31(38)43-4/h6-11,13,15-16,18,29,32H,12,14,17,19H2,1-5H3/t29-,32-/m0/s1. The van der Waals surface area contributed by atoms with Gasteiger partial charge >= 0.3 is 5.97 Å². The maximum Gasteiger partial charge on any atom is 0.305 e. The van der Waals surface area contributed by atoms with E-state index in [1.165, 1.54) is 13.3 Å². The number of aromatic nitrogens is 1. The molecular weight excluding hydrogens is 616 g/mol. The van der Waals surface area contributed by atoms with Gasteiger partial charge in [0.2, 0.25) is 0 Å². The van der Waals surface area contributed by atoms with E-state index in [1.54, 1.807) is 63.7 Å². The minimum absolute atomic E-state index is 0.0117. The summed E-state index contributed by atoms with van der Waals surface area (Å²) in [4.78, 5) is 32.2. The second-order valence-electron chi connectivity index (χ2n) is 10.4. The Morgan fingerprint density at radius 1 is 0.935 bits per heavy atom. The van der Waals surface area contributed by atoms with Crippen LogP contribution in [-0.4, -0.2) is 58.5 Å². The van der Waals surface area contributed by atoms with Crippen molar-refractivity contribution in [3.8, 4) is 23.0 Å². The van der Waals surface area contributed by atoms with Crippen molar-refractivity contribution in [1.82, 2.24) is 4.98 Å². The molecule has 12 heteroatoms. The van der Waals surface area contributed by atoms with Gasteiger partial charge in [-0.2, -0.15) is 0 Å². The molecule has 1 aromatic heterocycles. The monoisotopic (exact) mass is 650 g/mol. The molecule has 0 saturated heterocycles. The molecule has 2 atom stereocenters. The quantitative estimate of drug-likeness (QED) is 0.176. The second kappa shape index (κ2) is 14.6. The molecule has 3 aromatic carbocycles. The summed E-state index contributed by atoms with van der Waals surface area (Å²) >= 11 is 6.56. The van der Waals surface area contributed by atoms with E-state index in [4.69, 9.17) is 44.4 Å². The molecule has 2 heterocycles. The molecule has 5 rings (SSSR count). The average Bonchev–Trinajstić information content (AvgIpc) is 3.50. The van der Waals surface area contributed by atoms with Crippen LogP contribution < -0.4 is 23.8 Å². The largest absolute Gasteiger partial charge is 0.497 e. The lowest BCUT2D eigenvalue weighted by Gasteiger charge is -2.26. The number of methoxy groups -OCH3 is 5. The number of amides is 1. The number of benzene rings is 3. The van der Waals surface area contributed by atoms with E-state index in [-0.39, 0.29) is 37.2 Å². The highest BCUT2D eigenvalue weighted by Gasteiger charge is 2.39. The van der Waals surface area contributed by atoms with Gasteiger partial charge in [0.1, 0.15) is 29.5 Å². The maximum absolute atomic E-state index is 14.6. The third kappa shape index (κ3) is 6.90. The second-order valence-corrected chi connectivity index (χ2v) is 10.8. The zero-order chi connectivity index (χ0) is 32.8. The van der Waals surface area contributed by atoms with Crippen LogP contribution in [-0.2, 0) is 38.4 Å². The SMILES string of the molecule is COC(=O)CCc1cnc(C[C@@H]2O[C@@H](c3cccc(OC)c3OC)c3cc(Cl)ccc3N(Cc3ccc(OC)cc3OC)C2=O)o1. The number of oxazole rings is 1. The van der Waals surface area contributed by atoms with E-state index < -0.39 is 12.2 Å². The number of carbonyl (C=O) groups excluding carboxylic acids is 2. The van der Waals surface area contributed by atoms with Crippen molar-refractivity contribution in [3.05, 3.63) is 94.2 Å². The van der Waals surface area contributed by atoms with Crippen LogP contribution in [0.1, 0.15) is 40.9 Å². The highest BCUT2D eigenvalue weighted by Crippen LogP contribution is 2.45. The molecule has 0 N–H and O–H groups in total. The first-order valence-electron chi connectivity index (χ1n) is 14.5. The molecule has 11 nitrogen and oxygen atoms in total. The Labute approximate surface area is 271 Å². The number of halogens is 1. The van der Waals surface area contributed by atoms with E-state index >= 15 is 0 Å². The first-order valence-corrected chi connectivity index (χ1v) is 14.9. The van der Waals surface area contributed by atoms with Crippen molar-refractivity contribution < 1.29 is 42.4 Å². The van der Waals surface area contributed by atoms with Gasteiger partial charge in [-0.3, -0.25) is 9.59 Å². The van der Waals surface area contributed by atoms with Gasteiger partial charge in [0, 0.05) is 34.2 Å². The fourth-order valence-electron chi connectivity index (χ4n) is 5.42. The van der Waals surface area contributed by atoms with Gasteiger partial charge < -0.3 is 37.7 Å². The van der Waals surface area contributed by atoms with Gasteiger partial charge in [-0.25, -0.2) is 4.98 Å². The Balaban J connectivity index is 1.61. The van der Waals surface area contributed by atoms with Crippen LogP contribution in [0.25, 0.3) is 0 Å². The minimum atomic E-state index is -1.05. The van der Waals surface area contributed by atoms with Gasteiger partial charge in [-0.1, -0.05) is 23.7 Å². The summed E-state index contributed by atoms with van der Waals surface area (Å²) in [5.41, 5.74) is 2.62. The lowest BCUT2D eigenvalue weighted by atomic mass is 9.97. The zero-order valence-electron chi connectivity index (χ0n) is 26.2. The summed E-state index contributed by atoms with van der Waals surface area (Å²) in [6, 6.07) is 16.2. The van der Waals surface area contributed by atoms with Gasteiger partial charge in [0.05, 0.1) is 66.8 Å². The Hall–Kier alpha value is -4.74. The first-order chi connectivity index (χ1) is 22.3. The Bertz CT molecular complexity index is 1710. The molecule has 1 amide bonds. The number of hydrogen-bond donors (Lipinski definition) is 0. The van der Waals surface area contributed by atoms with Crippen LogP contribution in [0.5, 0.6) is 23.0 Å². The van der Waals surface area contributed by atoms with Crippen molar-refractivity contribution in [2.24, 2.45) is 0 Å². The minimum Gasteiger partial charge on any atom is -0.497 e. The summed E-state index contributed by atoms with van der Waals surface area (Å²) < 4.78 is 39.8. The summed E-state index contributed by atoms with van der Waals surface area (Å²) in [6.07, 6.45) is 0.132. The number of ether oxygens (including phenoxy) is 6. The molecule has 0 unspecified atom stereocenters. The lowest BCUT2D eigenvalue weighted by molar-refractivity contribution is -0.140. The molecule has 0 radical (unpaired) electrons. The topological polar surface area (TPSA) is 119 Å². The number of carbonyl (C=O) groups is 2. The van der Waals surface area contributed by atoms with Crippen LogP contribution >= 0.6 is 11.6 Å². The predicted octanol–water partition coefficient (Wildman–Crippen LogP) is 5.73. The molecule has 0 fully saturated rings. The number of anilines is 1. The molecule has 0 saturated carbocycles. The Morgan fingerprint density at radius 2 is 1.74 bits per heavy atom. The fraction of sp³-hybridized carbons (Fsp3) is 0.324. The third-order valence-corrected chi connectivity index (χ3v) is 7.94. The molecule has 242 valence electrons. The van der Waals surface area contributed by atoms with Crippen molar-refractivity contribution in [2.75, 3.05) is 40.4 Å². The van der Waals surface area contributed by atoms with Crippen molar-refractivity contribution in [2.45, 2.75) is 38.0 Å². The van der Waals surface area contributed by atoms with E-state index in [1.807, 2.05) is 24.3 Å². The van der Waals surface area contributed by atoms with E-state index in [2.05, 4.69) is 4.98 Å². The maximum atomic E-state index is 14.6. The van der Waals surface area contributed by atoms with Crippen LogP contribution in [0.4, 0.5) is 5.69 Å². The molecule has 0 aliphatic carbocycles. The highest BCUT2D eigenvalue weighted by atomic mass is 35.5. The number of hydrogen-bond acceptors (Lipinski definition) is 10. The number of rotatable bonds is 12. The molecule has 1 aliphatic rings. The van der Waals surface area contributed by atoms with Crippen molar-refractivity contribution >= 4 is 29.2 Å². The lowest BCUT2D eigenvalue weighted by Crippen LogP contribution is -2.40. The van der Waals surface area contributed by atoms with E-state index in [9.17, 15) is 9.59 Å². The first kappa shape index (κ1) is 32.6. The van der Waals surface area contributed by atoms with Crippen molar-refractivity contribution in [3.63, 3.8) is 0 Å². The highest BCUT2D eigenvalue weighted by molar-refractivity contribution is 6.30. The van der Waals surface area contributed by atoms with E-state index in [0.717, 1.165) is 5.56 Å². The summed E-state index contributed by atoms with van der Waals surface area (Å²) in [6.45, 7) is 0.151. The summed E-state index contributed by atoms with van der Waals surface area (Å²) in [7, 11) is 7.57. The Kier molecular flexibility index (Phi) is 10.3. The van der Waals surface area contributed by atoms with Crippen molar-refractivity contribution in [1.29, 1.82) is 0 Å². The van der Waals surface area contributed by atoms with Gasteiger partial charge in [-0.15, -0.1) is 0 Å². The van der Waals surface area contributed by atoms with Gasteiger partial charge in [0.25, 0.3) is 5.91 Å². The zero-order valence-corrected chi connectivity index (χ0v) is 27.0. The summed E-state index contributed by atoms with van der Waals surface area (Å²) in [5.74, 6) is 2.20. The molecular formula is C34H35ClN2O9. The van der Waals surface area contributed by atoms with Crippen LogP contribution in [0.15, 0.2) is 65.2 Å². The van der Waals surface area contributed by atoms with Gasteiger partial charge in [-0.05, 0) is 36.4 Å². The van der Waals surface area contributed by atoms with Gasteiger partial charge in [0.15, 0.2) is 17.4 Å². The van der Waals surface area contributed by atoms with Crippen LogP contribution in [0.2, 0.25) is 5.02 Å². The molecule has 46 heavy (non-hydrogen) atoms. The normalized spacial score (nSPS) is 16.0. The Morgan fingerprint density at radius 3 is 2.46 bits per heavy atom. The predicted molar refractivity (Wildman–Crippen MR) is 169 cm³/mol. The number of nitrogens with zero attached hydrogens (tertiary/aromatic N) is 2. The number of esters is 1. The molecule has 0 spiro atoms. The number of fused-ring (bicyclic) bond motifs is 1. The summed E-state index contributed by atoms with van der Waals surface area (Å²) in [5, 5.41) is 0.463. The van der Waals surface area contributed by atoms with Crippen LogP contribution in [0, 0.1) is 0 Å².